The van der Waals surface area contributed by atoms with Crippen molar-refractivity contribution in [2.24, 2.45) is 4.99 Å². The molecule has 3 nitrogen and oxygen atoms in total. The molecule has 0 saturated heterocycles. The van der Waals surface area contributed by atoms with Gasteiger partial charge in [-0.25, -0.2) is 4.99 Å². The highest BCUT2D eigenvalue weighted by Gasteiger charge is 2.15. The molecule has 0 unspecified atom stereocenters. The molecule has 0 saturated carbocycles. The number of hydrogen-bond acceptors (Lipinski definition) is 3. The van der Waals surface area contributed by atoms with E-state index >= 15 is 0 Å². The quantitative estimate of drug-likeness (QED) is 0.648. The first-order valence-corrected chi connectivity index (χ1v) is 8.58. The van der Waals surface area contributed by atoms with Crippen molar-refractivity contribution in [1.29, 1.82) is 0 Å². The second kappa shape index (κ2) is 7.19. The van der Waals surface area contributed by atoms with Crippen LogP contribution in [0.15, 0.2) is 102 Å². The molecular formula is C23H18N2O. The fourth-order valence-corrected chi connectivity index (χ4v) is 2.96. The summed E-state index contributed by atoms with van der Waals surface area (Å²) < 4.78 is 0. The van der Waals surface area contributed by atoms with Crippen LogP contribution in [0.4, 0.5) is 11.4 Å². The average Bonchev–Trinajstić information content (AvgIpc) is 2.88. The van der Waals surface area contributed by atoms with E-state index in [-0.39, 0.29) is 5.78 Å². The average molecular weight is 338 g/mol. The third kappa shape index (κ3) is 3.47. The summed E-state index contributed by atoms with van der Waals surface area (Å²) in [6.45, 7) is 0. The van der Waals surface area contributed by atoms with Crippen LogP contribution in [0.3, 0.4) is 0 Å². The molecule has 0 aromatic heterocycles. The smallest absolute Gasteiger partial charge is 0.168 e. The lowest BCUT2D eigenvalue weighted by atomic mass is 10.0. The van der Waals surface area contributed by atoms with Crippen molar-refractivity contribution in [3.05, 3.63) is 108 Å². The van der Waals surface area contributed by atoms with Crippen LogP contribution in [0.2, 0.25) is 0 Å². The second-order valence-electron chi connectivity index (χ2n) is 6.14. The maximum Gasteiger partial charge on any atom is 0.168 e. The first-order chi connectivity index (χ1) is 12.8. The van der Waals surface area contributed by atoms with Crippen LogP contribution in [0.5, 0.6) is 0 Å². The minimum Gasteiger partial charge on any atom is -0.357 e. The minimum absolute atomic E-state index is 0.0798. The summed E-state index contributed by atoms with van der Waals surface area (Å²) in [5.41, 5.74) is 5.20. The number of para-hydroxylation sites is 2. The van der Waals surface area contributed by atoms with Crippen molar-refractivity contribution in [1.82, 2.24) is 0 Å². The molecule has 26 heavy (non-hydrogen) atoms. The summed E-state index contributed by atoms with van der Waals surface area (Å²) in [6.07, 6.45) is 2.26. The zero-order chi connectivity index (χ0) is 17.8. The summed E-state index contributed by atoms with van der Waals surface area (Å²) >= 11 is 0. The van der Waals surface area contributed by atoms with Gasteiger partial charge in [0.25, 0.3) is 0 Å². The van der Waals surface area contributed by atoms with Gasteiger partial charge < -0.3 is 5.32 Å². The normalized spacial score (nSPS) is 12.9. The number of nitrogens with one attached hydrogen (secondary N) is 1. The lowest BCUT2D eigenvalue weighted by Gasteiger charge is -2.10. The number of benzene rings is 3. The number of rotatable bonds is 4. The van der Waals surface area contributed by atoms with E-state index in [1.54, 1.807) is 0 Å². The highest BCUT2D eigenvalue weighted by Crippen LogP contribution is 2.30. The third-order valence-corrected chi connectivity index (χ3v) is 4.27. The van der Waals surface area contributed by atoms with Crippen molar-refractivity contribution in [3.63, 3.8) is 0 Å². The molecule has 3 aromatic rings. The van der Waals surface area contributed by atoms with Gasteiger partial charge in [-0.3, -0.25) is 4.79 Å². The Morgan fingerprint density at radius 3 is 2.23 bits per heavy atom. The van der Waals surface area contributed by atoms with Gasteiger partial charge >= 0.3 is 0 Å². The Morgan fingerprint density at radius 1 is 0.808 bits per heavy atom. The molecule has 0 bridgehead atoms. The first kappa shape index (κ1) is 16.0. The number of Topliss-reactive ketones (excluding diaryl/α,β-unsaturated/α-hetero) is 1. The van der Waals surface area contributed by atoms with Gasteiger partial charge in [-0.15, -0.1) is 0 Å². The van der Waals surface area contributed by atoms with Crippen molar-refractivity contribution < 1.29 is 4.79 Å². The third-order valence-electron chi connectivity index (χ3n) is 4.27. The minimum atomic E-state index is 0.0798. The van der Waals surface area contributed by atoms with Gasteiger partial charge in [-0.05, 0) is 18.2 Å². The van der Waals surface area contributed by atoms with Crippen molar-refractivity contribution >= 4 is 22.9 Å². The fourth-order valence-electron chi connectivity index (χ4n) is 2.96. The number of fused-ring (bicyclic) bond motifs is 1. The Bertz CT molecular complexity index is 989. The molecule has 0 fully saturated rings. The van der Waals surface area contributed by atoms with Gasteiger partial charge in [-0.2, -0.15) is 0 Å². The van der Waals surface area contributed by atoms with Gasteiger partial charge in [0.2, 0.25) is 0 Å². The summed E-state index contributed by atoms with van der Waals surface area (Å²) in [5, 5.41) is 3.39. The fraction of sp³-hybridized carbons (Fsp3) is 0.0435. The molecular weight excluding hydrogens is 320 g/mol. The van der Waals surface area contributed by atoms with Gasteiger partial charge in [0.1, 0.15) is 0 Å². The Hall–Kier alpha value is -3.46. The molecule has 126 valence electrons. The second-order valence-corrected chi connectivity index (χ2v) is 6.14. The van der Waals surface area contributed by atoms with Crippen molar-refractivity contribution in [3.8, 4) is 0 Å². The number of carbonyl (C=O) groups excluding carboxylic acids is 1. The lowest BCUT2D eigenvalue weighted by molar-refractivity contribution is 0.0993. The predicted molar refractivity (Wildman–Crippen MR) is 106 cm³/mol. The number of allylic oxidation sites excluding steroid dienone is 2. The van der Waals surface area contributed by atoms with Crippen LogP contribution in [-0.2, 0) is 0 Å². The van der Waals surface area contributed by atoms with Gasteiger partial charge in [0.15, 0.2) is 5.78 Å². The summed E-state index contributed by atoms with van der Waals surface area (Å²) in [7, 11) is 0. The number of hydrogen-bond donors (Lipinski definition) is 1. The largest absolute Gasteiger partial charge is 0.357 e. The monoisotopic (exact) mass is 338 g/mol. The maximum absolute atomic E-state index is 12.7. The number of carbonyl (C=O) groups is 1. The Balaban J connectivity index is 1.71. The molecule has 0 amide bonds. The summed E-state index contributed by atoms with van der Waals surface area (Å²) in [4.78, 5) is 17.5. The predicted octanol–water partition coefficient (Wildman–Crippen LogP) is 5.39. The Kier molecular flexibility index (Phi) is 4.44. The SMILES string of the molecule is O=C(CC1=CC(c2ccccc2)=Nc2ccccc2N1)c1ccccc1. The van der Waals surface area contributed by atoms with E-state index in [9.17, 15) is 4.79 Å². The number of aliphatic imine (C=N–C) groups is 1. The highest BCUT2D eigenvalue weighted by atomic mass is 16.1. The molecule has 0 radical (unpaired) electrons. The molecule has 0 atom stereocenters. The van der Waals surface area contributed by atoms with Crippen LogP contribution in [0, 0.1) is 0 Å². The van der Waals surface area contributed by atoms with E-state index in [2.05, 4.69) is 5.32 Å². The number of nitrogens with zero attached hydrogens (tertiary/aromatic N) is 1. The van der Waals surface area contributed by atoms with E-state index in [4.69, 9.17) is 4.99 Å². The lowest BCUT2D eigenvalue weighted by Crippen LogP contribution is -2.08. The van der Waals surface area contributed by atoms with Crippen molar-refractivity contribution in [2.45, 2.75) is 6.42 Å². The number of anilines is 1. The molecule has 1 aliphatic rings. The van der Waals surface area contributed by atoms with Crippen LogP contribution < -0.4 is 5.32 Å². The Labute approximate surface area is 152 Å². The zero-order valence-corrected chi connectivity index (χ0v) is 14.2. The van der Waals surface area contributed by atoms with Crippen LogP contribution in [0.1, 0.15) is 22.3 Å². The van der Waals surface area contributed by atoms with E-state index in [0.717, 1.165) is 28.3 Å². The number of ketones is 1. The van der Waals surface area contributed by atoms with E-state index in [1.807, 2.05) is 91.0 Å². The maximum atomic E-state index is 12.7. The molecule has 1 aliphatic heterocycles. The van der Waals surface area contributed by atoms with E-state index < -0.39 is 0 Å². The summed E-state index contributed by atoms with van der Waals surface area (Å²) in [6, 6.07) is 27.3. The zero-order valence-electron chi connectivity index (χ0n) is 14.2. The van der Waals surface area contributed by atoms with E-state index in [0.29, 0.717) is 12.0 Å². The molecule has 4 rings (SSSR count). The van der Waals surface area contributed by atoms with E-state index in [1.165, 1.54) is 0 Å². The molecule has 0 aliphatic carbocycles. The summed E-state index contributed by atoms with van der Waals surface area (Å²) in [5.74, 6) is 0.0798. The van der Waals surface area contributed by atoms with Gasteiger partial charge in [0.05, 0.1) is 23.5 Å². The van der Waals surface area contributed by atoms with Crippen LogP contribution in [0.25, 0.3) is 0 Å². The molecule has 3 heteroatoms. The van der Waals surface area contributed by atoms with Crippen LogP contribution in [-0.4, -0.2) is 11.5 Å². The van der Waals surface area contributed by atoms with Gasteiger partial charge in [0, 0.05) is 16.8 Å². The Morgan fingerprint density at radius 2 is 1.46 bits per heavy atom. The van der Waals surface area contributed by atoms with Crippen molar-refractivity contribution in [2.75, 3.05) is 5.32 Å². The van der Waals surface area contributed by atoms with Gasteiger partial charge in [-0.1, -0.05) is 72.8 Å². The molecule has 1 heterocycles. The first-order valence-electron chi connectivity index (χ1n) is 8.58. The molecule has 3 aromatic carbocycles. The molecule has 0 spiro atoms. The highest BCUT2D eigenvalue weighted by molar-refractivity contribution is 6.12. The van der Waals surface area contributed by atoms with Crippen LogP contribution >= 0.6 is 0 Å². The standard InChI is InChI=1S/C23H18N2O/c26-23(18-11-5-2-6-12-18)16-19-15-22(17-9-3-1-4-10-17)25-21-14-8-7-13-20(21)24-19/h1-15,24H,16H2. The molecule has 1 N–H and O–H groups in total. The topological polar surface area (TPSA) is 41.5 Å².